The Morgan fingerprint density at radius 3 is 2.32 bits per heavy atom. The zero-order valence-corrected chi connectivity index (χ0v) is 17.0. The SMILES string of the molecule is CC(C)NC(=O)COc1ccc(Cc2ccc(NC3=NCCN3)cc2)cc1.Cl. The molecule has 7 heteroatoms. The highest BCUT2D eigenvalue weighted by Gasteiger charge is 2.06. The van der Waals surface area contributed by atoms with E-state index in [1.54, 1.807) is 0 Å². The van der Waals surface area contributed by atoms with Crippen LogP contribution in [0.15, 0.2) is 53.5 Å². The van der Waals surface area contributed by atoms with Crippen molar-refractivity contribution in [3.8, 4) is 5.75 Å². The minimum absolute atomic E-state index is 0. The molecule has 1 aliphatic heterocycles. The molecule has 3 rings (SSSR count). The lowest BCUT2D eigenvalue weighted by Gasteiger charge is -2.10. The van der Waals surface area contributed by atoms with Crippen LogP contribution in [-0.4, -0.2) is 37.6 Å². The van der Waals surface area contributed by atoms with Gasteiger partial charge in [-0.25, -0.2) is 0 Å². The molecule has 28 heavy (non-hydrogen) atoms. The van der Waals surface area contributed by atoms with Crippen LogP contribution in [0.1, 0.15) is 25.0 Å². The standard InChI is InChI=1S/C21H26N4O2.ClH/c1-15(2)24-20(26)14-27-19-9-5-17(6-10-19)13-16-3-7-18(8-4-16)25-21-22-11-12-23-21;/h3-10,15H,11-14H2,1-2H3,(H,24,26)(H2,22,23,25);1H. The van der Waals surface area contributed by atoms with Crippen LogP contribution in [0.3, 0.4) is 0 Å². The second kappa shape index (κ2) is 10.6. The molecule has 1 heterocycles. The van der Waals surface area contributed by atoms with Crippen molar-refractivity contribution in [2.45, 2.75) is 26.3 Å². The predicted molar refractivity (Wildman–Crippen MR) is 116 cm³/mol. The highest BCUT2D eigenvalue weighted by Crippen LogP contribution is 2.17. The Balaban J connectivity index is 0.00000280. The zero-order chi connectivity index (χ0) is 19.1. The van der Waals surface area contributed by atoms with E-state index in [-0.39, 0.29) is 31.0 Å². The van der Waals surface area contributed by atoms with Crippen LogP contribution in [-0.2, 0) is 11.2 Å². The van der Waals surface area contributed by atoms with Crippen molar-refractivity contribution in [3.05, 3.63) is 59.7 Å². The minimum atomic E-state index is -0.110. The van der Waals surface area contributed by atoms with E-state index in [0.29, 0.717) is 5.75 Å². The molecule has 0 saturated carbocycles. The Kier molecular flexibility index (Phi) is 8.14. The molecule has 150 valence electrons. The van der Waals surface area contributed by atoms with Crippen molar-refractivity contribution >= 4 is 30.0 Å². The highest BCUT2D eigenvalue weighted by atomic mass is 35.5. The number of guanidine groups is 1. The smallest absolute Gasteiger partial charge is 0.258 e. The van der Waals surface area contributed by atoms with Crippen LogP contribution < -0.4 is 20.7 Å². The summed E-state index contributed by atoms with van der Waals surface area (Å²) in [7, 11) is 0. The second-order valence-corrected chi connectivity index (χ2v) is 6.81. The largest absolute Gasteiger partial charge is 0.484 e. The first kappa shape index (κ1) is 21.6. The maximum absolute atomic E-state index is 11.6. The maximum Gasteiger partial charge on any atom is 0.258 e. The van der Waals surface area contributed by atoms with Gasteiger partial charge in [0, 0.05) is 18.3 Å². The summed E-state index contributed by atoms with van der Waals surface area (Å²) in [4.78, 5) is 15.9. The van der Waals surface area contributed by atoms with E-state index in [0.717, 1.165) is 31.2 Å². The third-order valence-corrected chi connectivity index (χ3v) is 4.04. The molecule has 0 spiro atoms. The van der Waals surface area contributed by atoms with E-state index >= 15 is 0 Å². The topological polar surface area (TPSA) is 74.8 Å². The summed E-state index contributed by atoms with van der Waals surface area (Å²) >= 11 is 0. The molecule has 3 N–H and O–H groups in total. The average molecular weight is 403 g/mol. The Morgan fingerprint density at radius 1 is 1.11 bits per heavy atom. The van der Waals surface area contributed by atoms with Gasteiger partial charge in [0.05, 0.1) is 6.54 Å². The molecule has 1 amide bonds. The number of rotatable bonds is 7. The molecule has 2 aromatic rings. The monoisotopic (exact) mass is 402 g/mol. The molecule has 1 aliphatic rings. The van der Waals surface area contributed by atoms with Gasteiger partial charge < -0.3 is 20.7 Å². The number of halogens is 1. The van der Waals surface area contributed by atoms with Crippen molar-refractivity contribution in [2.75, 3.05) is 25.0 Å². The number of amides is 1. The van der Waals surface area contributed by atoms with Crippen LogP contribution in [0.2, 0.25) is 0 Å². The van der Waals surface area contributed by atoms with Crippen LogP contribution in [0.5, 0.6) is 5.75 Å². The Hall–Kier alpha value is -2.73. The van der Waals surface area contributed by atoms with Gasteiger partial charge >= 0.3 is 0 Å². The molecule has 6 nitrogen and oxygen atoms in total. The van der Waals surface area contributed by atoms with Crippen LogP contribution in [0.25, 0.3) is 0 Å². The molecular formula is C21H27ClN4O2. The van der Waals surface area contributed by atoms with Gasteiger partial charge in [0.1, 0.15) is 5.75 Å². The molecule has 0 saturated heterocycles. The second-order valence-electron chi connectivity index (χ2n) is 6.81. The molecule has 0 fully saturated rings. The summed E-state index contributed by atoms with van der Waals surface area (Å²) in [6, 6.07) is 16.3. The highest BCUT2D eigenvalue weighted by molar-refractivity contribution is 5.94. The number of hydrogen-bond acceptors (Lipinski definition) is 5. The maximum atomic E-state index is 11.6. The van der Waals surface area contributed by atoms with Gasteiger partial charge in [-0.15, -0.1) is 12.4 Å². The number of benzene rings is 2. The summed E-state index contributed by atoms with van der Waals surface area (Å²) in [5.41, 5.74) is 3.44. The van der Waals surface area contributed by atoms with Crippen LogP contribution in [0.4, 0.5) is 5.69 Å². The number of ether oxygens (including phenoxy) is 1. The normalized spacial score (nSPS) is 12.6. The van der Waals surface area contributed by atoms with Crippen molar-refractivity contribution in [3.63, 3.8) is 0 Å². The average Bonchev–Trinajstić information content (AvgIpc) is 3.15. The van der Waals surface area contributed by atoms with E-state index in [1.807, 2.05) is 38.1 Å². The Morgan fingerprint density at radius 2 is 1.75 bits per heavy atom. The van der Waals surface area contributed by atoms with Crippen molar-refractivity contribution in [1.82, 2.24) is 10.6 Å². The summed E-state index contributed by atoms with van der Waals surface area (Å²) in [6.45, 7) is 5.60. The molecular weight excluding hydrogens is 376 g/mol. The van der Waals surface area contributed by atoms with Gasteiger partial charge in [-0.3, -0.25) is 9.79 Å². The molecule has 0 bridgehead atoms. The van der Waals surface area contributed by atoms with Gasteiger partial charge in [-0.1, -0.05) is 24.3 Å². The van der Waals surface area contributed by atoms with E-state index in [1.165, 1.54) is 11.1 Å². The van der Waals surface area contributed by atoms with Crippen molar-refractivity contribution in [2.24, 2.45) is 4.99 Å². The number of anilines is 1. The van der Waals surface area contributed by atoms with Crippen LogP contribution in [0, 0.1) is 0 Å². The molecule has 0 unspecified atom stereocenters. The molecule has 0 atom stereocenters. The lowest BCUT2D eigenvalue weighted by Crippen LogP contribution is -2.34. The van der Waals surface area contributed by atoms with E-state index in [2.05, 4.69) is 45.2 Å². The summed E-state index contributed by atoms with van der Waals surface area (Å²) in [5.74, 6) is 1.42. The summed E-state index contributed by atoms with van der Waals surface area (Å²) in [5, 5.41) is 9.26. The van der Waals surface area contributed by atoms with Gasteiger partial charge in [-0.2, -0.15) is 0 Å². The Labute approximate surface area is 172 Å². The van der Waals surface area contributed by atoms with Crippen molar-refractivity contribution < 1.29 is 9.53 Å². The van der Waals surface area contributed by atoms with Gasteiger partial charge in [-0.05, 0) is 55.7 Å². The Bertz CT molecular complexity index is 789. The number of aliphatic imine (C=N–C) groups is 1. The van der Waals surface area contributed by atoms with Gasteiger partial charge in [0.25, 0.3) is 5.91 Å². The van der Waals surface area contributed by atoms with E-state index < -0.39 is 0 Å². The number of nitrogens with one attached hydrogen (secondary N) is 3. The number of carbonyl (C=O) groups excluding carboxylic acids is 1. The minimum Gasteiger partial charge on any atom is -0.484 e. The number of carbonyl (C=O) groups is 1. The third-order valence-electron chi connectivity index (χ3n) is 4.04. The quantitative estimate of drug-likeness (QED) is 0.665. The lowest BCUT2D eigenvalue weighted by molar-refractivity contribution is -0.123. The molecule has 0 aliphatic carbocycles. The summed E-state index contributed by atoms with van der Waals surface area (Å²) < 4.78 is 5.52. The first-order chi connectivity index (χ1) is 13.1. The molecule has 2 aromatic carbocycles. The third kappa shape index (κ3) is 6.78. The first-order valence-electron chi connectivity index (χ1n) is 9.24. The predicted octanol–water partition coefficient (Wildman–Crippen LogP) is 2.97. The number of nitrogens with zero attached hydrogens (tertiary/aromatic N) is 1. The lowest BCUT2D eigenvalue weighted by atomic mass is 10.0. The molecule has 0 aromatic heterocycles. The van der Waals surface area contributed by atoms with Gasteiger partial charge in [0.15, 0.2) is 12.6 Å². The van der Waals surface area contributed by atoms with E-state index in [4.69, 9.17) is 4.74 Å². The molecule has 0 radical (unpaired) electrons. The van der Waals surface area contributed by atoms with Crippen molar-refractivity contribution in [1.29, 1.82) is 0 Å². The fourth-order valence-corrected chi connectivity index (χ4v) is 2.78. The van der Waals surface area contributed by atoms with Crippen LogP contribution >= 0.6 is 12.4 Å². The number of hydrogen-bond donors (Lipinski definition) is 3. The zero-order valence-electron chi connectivity index (χ0n) is 16.2. The fraction of sp³-hybridized carbons (Fsp3) is 0.333. The summed E-state index contributed by atoms with van der Waals surface area (Å²) in [6.07, 6.45) is 0.841. The van der Waals surface area contributed by atoms with Gasteiger partial charge in [0.2, 0.25) is 0 Å². The van der Waals surface area contributed by atoms with E-state index in [9.17, 15) is 4.79 Å². The first-order valence-corrected chi connectivity index (χ1v) is 9.24. The fourth-order valence-electron chi connectivity index (χ4n) is 2.78.